The lowest BCUT2D eigenvalue weighted by Crippen LogP contribution is -2.30. The molecule has 0 radical (unpaired) electrons. The van der Waals surface area contributed by atoms with Gasteiger partial charge in [0.05, 0.1) is 0 Å². The molecule has 2 aromatic rings. The second kappa shape index (κ2) is 5.93. The van der Waals surface area contributed by atoms with Crippen molar-refractivity contribution in [2.75, 3.05) is 0 Å². The Morgan fingerprint density at radius 1 is 1.38 bits per heavy atom. The lowest BCUT2D eigenvalue weighted by Gasteiger charge is -2.16. The van der Waals surface area contributed by atoms with E-state index in [-0.39, 0.29) is 11.9 Å². The van der Waals surface area contributed by atoms with E-state index in [1.165, 1.54) is 37.8 Å². The summed E-state index contributed by atoms with van der Waals surface area (Å²) in [6.07, 6.45) is 5.48. The third-order valence-electron chi connectivity index (χ3n) is 4.32. The zero-order chi connectivity index (χ0) is 14.8. The molecular weight excluding hydrogens is 269 g/mol. The maximum absolute atomic E-state index is 13.3. The monoisotopic (exact) mass is 289 g/mol. The standard InChI is InChI=1S/C16H20FN3O/c1-10-6-7-12(17)8-13(10)16-19-15(21-20-16)9-14(18)11-4-2-3-5-11/h6-8,11,14H,2-5,9,18H2,1H3. The fourth-order valence-electron chi connectivity index (χ4n) is 3.04. The molecule has 1 saturated carbocycles. The lowest BCUT2D eigenvalue weighted by molar-refractivity contribution is 0.341. The Labute approximate surface area is 123 Å². The zero-order valence-corrected chi connectivity index (χ0v) is 12.2. The van der Waals surface area contributed by atoms with Crippen molar-refractivity contribution in [2.24, 2.45) is 11.7 Å². The molecule has 1 aliphatic carbocycles. The summed E-state index contributed by atoms with van der Waals surface area (Å²) < 4.78 is 18.6. The molecule has 0 spiro atoms. The molecule has 3 rings (SSSR count). The number of rotatable bonds is 4. The van der Waals surface area contributed by atoms with Gasteiger partial charge in [-0.05, 0) is 43.4 Å². The number of benzene rings is 1. The highest BCUT2D eigenvalue weighted by Crippen LogP contribution is 2.28. The van der Waals surface area contributed by atoms with Gasteiger partial charge in [0.1, 0.15) is 5.82 Å². The van der Waals surface area contributed by atoms with Crippen LogP contribution < -0.4 is 5.73 Å². The van der Waals surface area contributed by atoms with Gasteiger partial charge in [0.25, 0.3) is 0 Å². The van der Waals surface area contributed by atoms with Crippen molar-refractivity contribution in [1.82, 2.24) is 10.1 Å². The summed E-state index contributed by atoms with van der Waals surface area (Å²) in [7, 11) is 0. The number of aromatic nitrogens is 2. The van der Waals surface area contributed by atoms with Crippen LogP contribution in [0.4, 0.5) is 4.39 Å². The minimum absolute atomic E-state index is 0.0643. The molecule has 5 heteroatoms. The number of nitrogens with two attached hydrogens (primary N) is 1. The van der Waals surface area contributed by atoms with Crippen molar-refractivity contribution in [3.63, 3.8) is 0 Å². The zero-order valence-electron chi connectivity index (χ0n) is 12.2. The number of aryl methyl sites for hydroxylation is 1. The summed E-state index contributed by atoms with van der Waals surface area (Å²) in [6, 6.07) is 4.64. The molecule has 1 fully saturated rings. The van der Waals surface area contributed by atoms with Gasteiger partial charge in [0.15, 0.2) is 0 Å². The molecule has 1 unspecified atom stereocenters. The SMILES string of the molecule is Cc1ccc(F)cc1-c1noc(CC(N)C2CCCC2)n1. The van der Waals surface area contributed by atoms with Gasteiger partial charge in [-0.1, -0.05) is 24.1 Å². The predicted molar refractivity (Wildman–Crippen MR) is 78.1 cm³/mol. The molecule has 112 valence electrons. The summed E-state index contributed by atoms with van der Waals surface area (Å²) in [4.78, 5) is 4.37. The summed E-state index contributed by atoms with van der Waals surface area (Å²) in [5.41, 5.74) is 7.81. The summed E-state index contributed by atoms with van der Waals surface area (Å²) in [5, 5.41) is 3.96. The molecule has 21 heavy (non-hydrogen) atoms. The minimum atomic E-state index is -0.301. The van der Waals surface area contributed by atoms with E-state index in [4.69, 9.17) is 10.3 Å². The van der Waals surface area contributed by atoms with Crippen LogP contribution in [0.5, 0.6) is 0 Å². The van der Waals surface area contributed by atoms with Crippen LogP contribution in [0, 0.1) is 18.7 Å². The van der Waals surface area contributed by atoms with E-state index < -0.39 is 0 Å². The highest BCUT2D eigenvalue weighted by molar-refractivity contribution is 5.59. The van der Waals surface area contributed by atoms with Crippen LogP contribution in [0.3, 0.4) is 0 Å². The lowest BCUT2D eigenvalue weighted by atomic mass is 9.96. The molecule has 1 aliphatic rings. The summed E-state index contributed by atoms with van der Waals surface area (Å²) >= 11 is 0. The quantitative estimate of drug-likeness (QED) is 0.938. The highest BCUT2D eigenvalue weighted by Gasteiger charge is 2.24. The Morgan fingerprint density at radius 3 is 2.90 bits per heavy atom. The van der Waals surface area contributed by atoms with Crippen LogP contribution in [-0.2, 0) is 6.42 Å². The molecule has 0 saturated heterocycles. The maximum Gasteiger partial charge on any atom is 0.228 e. The molecule has 0 aliphatic heterocycles. The largest absolute Gasteiger partial charge is 0.339 e. The average Bonchev–Trinajstić information content (AvgIpc) is 3.12. The molecular formula is C16H20FN3O. The fourth-order valence-corrected chi connectivity index (χ4v) is 3.04. The van der Waals surface area contributed by atoms with E-state index in [2.05, 4.69) is 10.1 Å². The van der Waals surface area contributed by atoms with Crippen LogP contribution in [-0.4, -0.2) is 16.2 Å². The second-order valence-corrected chi connectivity index (χ2v) is 5.88. The molecule has 2 N–H and O–H groups in total. The first-order chi connectivity index (χ1) is 10.1. The van der Waals surface area contributed by atoms with Crippen molar-refractivity contribution in [2.45, 2.75) is 45.1 Å². The van der Waals surface area contributed by atoms with Gasteiger partial charge in [-0.3, -0.25) is 0 Å². The van der Waals surface area contributed by atoms with E-state index in [0.717, 1.165) is 5.56 Å². The molecule has 1 aromatic carbocycles. The molecule has 1 aromatic heterocycles. The van der Waals surface area contributed by atoms with Gasteiger partial charge in [0, 0.05) is 18.0 Å². The normalized spacial score (nSPS) is 17.3. The van der Waals surface area contributed by atoms with Crippen LogP contribution in [0.25, 0.3) is 11.4 Å². The van der Waals surface area contributed by atoms with E-state index in [0.29, 0.717) is 29.6 Å². The van der Waals surface area contributed by atoms with Gasteiger partial charge >= 0.3 is 0 Å². The Morgan fingerprint density at radius 2 is 2.14 bits per heavy atom. The van der Waals surface area contributed by atoms with Crippen LogP contribution in [0.1, 0.15) is 37.1 Å². The van der Waals surface area contributed by atoms with Gasteiger partial charge in [-0.25, -0.2) is 4.39 Å². The fraction of sp³-hybridized carbons (Fsp3) is 0.500. The second-order valence-electron chi connectivity index (χ2n) is 5.88. The van der Waals surface area contributed by atoms with Gasteiger partial charge in [-0.15, -0.1) is 0 Å². The van der Waals surface area contributed by atoms with Crippen molar-refractivity contribution in [3.8, 4) is 11.4 Å². The van der Waals surface area contributed by atoms with E-state index in [9.17, 15) is 4.39 Å². The number of halogens is 1. The van der Waals surface area contributed by atoms with Crippen LogP contribution >= 0.6 is 0 Å². The van der Waals surface area contributed by atoms with Crippen molar-refractivity contribution >= 4 is 0 Å². The van der Waals surface area contributed by atoms with Crippen molar-refractivity contribution < 1.29 is 8.91 Å². The van der Waals surface area contributed by atoms with Crippen molar-refractivity contribution in [3.05, 3.63) is 35.5 Å². The smallest absolute Gasteiger partial charge is 0.228 e. The Balaban J connectivity index is 1.75. The first-order valence-corrected chi connectivity index (χ1v) is 7.48. The Bertz CT molecular complexity index is 620. The molecule has 1 heterocycles. The number of hydrogen-bond donors (Lipinski definition) is 1. The van der Waals surface area contributed by atoms with Gasteiger partial charge in [-0.2, -0.15) is 4.98 Å². The summed E-state index contributed by atoms with van der Waals surface area (Å²) in [6.45, 7) is 1.90. The number of nitrogens with zero attached hydrogens (tertiary/aromatic N) is 2. The first kappa shape index (κ1) is 14.2. The third-order valence-corrected chi connectivity index (χ3v) is 4.32. The highest BCUT2D eigenvalue weighted by atomic mass is 19.1. The van der Waals surface area contributed by atoms with Crippen molar-refractivity contribution in [1.29, 1.82) is 0 Å². The number of hydrogen-bond acceptors (Lipinski definition) is 4. The molecule has 1 atom stereocenters. The average molecular weight is 289 g/mol. The topological polar surface area (TPSA) is 64.9 Å². The van der Waals surface area contributed by atoms with Gasteiger partial charge < -0.3 is 10.3 Å². The summed E-state index contributed by atoms with van der Waals surface area (Å²) in [5.74, 6) is 1.22. The Hall–Kier alpha value is -1.75. The first-order valence-electron chi connectivity index (χ1n) is 7.48. The molecule has 0 amide bonds. The molecule has 4 nitrogen and oxygen atoms in total. The van der Waals surface area contributed by atoms with E-state index in [1.54, 1.807) is 6.07 Å². The molecule has 0 bridgehead atoms. The Kier molecular flexibility index (Phi) is 4.01. The minimum Gasteiger partial charge on any atom is -0.339 e. The van der Waals surface area contributed by atoms with Gasteiger partial charge in [0.2, 0.25) is 11.7 Å². The predicted octanol–water partition coefficient (Wildman–Crippen LogP) is 3.24. The maximum atomic E-state index is 13.3. The third kappa shape index (κ3) is 3.13. The van der Waals surface area contributed by atoms with Crippen LogP contribution in [0.15, 0.2) is 22.7 Å². The van der Waals surface area contributed by atoms with Crippen LogP contribution in [0.2, 0.25) is 0 Å². The van der Waals surface area contributed by atoms with E-state index in [1.807, 2.05) is 6.92 Å². The van der Waals surface area contributed by atoms with E-state index >= 15 is 0 Å².